The van der Waals surface area contributed by atoms with Gasteiger partial charge in [-0.1, -0.05) is 35.3 Å². The van der Waals surface area contributed by atoms with Crippen LogP contribution in [0.5, 0.6) is 5.75 Å². The molecule has 0 amide bonds. The summed E-state index contributed by atoms with van der Waals surface area (Å²) in [6, 6.07) is 12.3. The summed E-state index contributed by atoms with van der Waals surface area (Å²) in [4.78, 5) is 12.1. The van der Waals surface area contributed by atoms with Crippen LogP contribution in [0.2, 0.25) is 10.0 Å². The second-order valence-electron chi connectivity index (χ2n) is 4.33. The van der Waals surface area contributed by atoms with Crippen molar-refractivity contribution in [1.29, 1.82) is 0 Å². The molecule has 0 N–H and O–H groups in total. The number of ketones is 1. The number of ether oxygens (including phenoxy) is 1. The minimum Gasteiger partial charge on any atom is -0.494 e. The molecule has 0 spiro atoms. The number of carbonyl (C=O) groups is 1. The molecule has 0 aromatic heterocycles. The fraction of sp³-hybridized carbons (Fsp3) is 0.118. The number of benzene rings is 2. The lowest BCUT2D eigenvalue weighted by molar-refractivity contribution is 0.104. The van der Waals surface area contributed by atoms with Crippen molar-refractivity contribution >= 4 is 35.1 Å². The smallest absolute Gasteiger partial charge is 0.185 e. The topological polar surface area (TPSA) is 26.3 Å². The molecule has 0 heterocycles. The summed E-state index contributed by atoms with van der Waals surface area (Å²) in [5, 5.41) is 0.957. The van der Waals surface area contributed by atoms with Crippen LogP contribution in [0.3, 0.4) is 0 Å². The molecule has 21 heavy (non-hydrogen) atoms. The first-order valence-corrected chi connectivity index (χ1v) is 7.26. The molecular weight excluding hydrogens is 307 g/mol. The van der Waals surface area contributed by atoms with Gasteiger partial charge in [0.05, 0.1) is 16.7 Å². The zero-order valence-corrected chi connectivity index (χ0v) is 13.0. The fourth-order valence-electron chi connectivity index (χ4n) is 1.77. The quantitative estimate of drug-likeness (QED) is 0.552. The summed E-state index contributed by atoms with van der Waals surface area (Å²) >= 11 is 11.8. The Kier molecular flexibility index (Phi) is 5.43. The molecule has 0 aliphatic heterocycles. The maximum absolute atomic E-state index is 12.1. The zero-order valence-electron chi connectivity index (χ0n) is 11.5. The van der Waals surface area contributed by atoms with E-state index in [9.17, 15) is 4.79 Å². The largest absolute Gasteiger partial charge is 0.494 e. The highest BCUT2D eigenvalue weighted by molar-refractivity contribution is 6.42. The number of allylic oxidation sites excluding steroid dienone is 1. The lowest BCUT2D eigenvalue weighted by Gasteiger charge is -2.03. The minimum atomic E-state index is -0.0795. The second-order valence-corrected chi connectivity index (χ2v) is 5.14. The van der Waals surface area contributed by atoms with Crippen LogP contribution >= 0.6 is 23.2 Å². The molecule has 0 radical (unpaired) electrons. The Hall–Kier alpha value is -1.77. The predicted molar refractivity (Wildman–Crippen MR) is 87.4 cm³/mol. The molecule has 108 valence electrons. The van der Waals surface area contributed by atoms with Gasteiger partial charge in [0, 0.05) is 5.56 Å². The molecule has 0 saturated carbocycles. The van der Waals surface area contributed by atoms with Crippen molar-refractivity contribution in [2.75, 3.05) is 6.61 Å². The van der Waals surface area contributed by atoms with Crippen molar-refractivity contribution < 1.29 is 9.53 Å². The van der Waals surface area contributed by atoms with Gasteiger partial charge in [0.15, 0.2) is 5.78 Å². The van der Waals surface area contributed by atoms with Gasteiger partial charge in [-0.3, -0.25) is 4.79 Å². The van der Waals surface area contributed by atoms with Crippen LogP contribution in [-0.2, 0) is 0 Å². The first kappa shape index (κ1) is 15.6. The van der Waals surface area contributed by atoms with Crippen LogP contribution in [0, 0.1) is 0 Å². The monoisotopic (exact) mass is 320 g/mol. The van der Waals surface area contributed by atoms with Crippen LogP contribution in [0.1, 0.15) is 22.8 Å². The minimum absolute atomic E-state index is 0.0795. The molecule has 0 aliphatic rings. The van der Waals surface area contributed by atoms with Gasteiger partial charge in [-0.05, 0) is 55.0 Å². The van der Waals surface area contributed by atoms with Gasteiger partial charge in [0.2, 0.25) is 0 Å². The first-order valence-electron chi connectivity index (χ1n) is 6.50. The van der Waals surface area contributed by atoms with E-state index >= 15 is 0 Å². The molecule has 2 rings (SSSR count). The highest BCUT2D eigenvalue weighted by Gasteiger charge is 2.03. The number of halogens is 2. The Morgan fingerprint density at radius 1 is 1.10 bits per heavy atom. The van der Waals surface area contributed by atoms with Gasteiger partial charge in [-0.2, -0.15) is 0 Å². The van der Waals surface area contributed by atoms with Gasteiger partial charge >= 0.3 is 0 Å². The van der Waals surface area contributed by atoms with Crippen LogP contribution in [0.4, 0.5) is 0 Å². The summed E-state index contributed by atoms with van der Waals surface area (Å²) in [5.74, 6) is 0.673. The lowest BCUT2D eigenvalue weighted by atomic mass is 10.1. The fourth-order valence-corrected chi connectivity index (χ4v) is 2.07. The van der Waals surface area contributed by atoms with E-state index in [1.54, 1.807) is 48.5 Å². The van der Waals surface area contributed by atoms with E-state index in [4.69, 9.17) is 27.9 Å². The summed E-state index contributed by atoms with van der Waals surface area (Å²) < 4.78 is 5.34. The molecule has 2 nitrogen and oxygen atoms in total. The third kappa shape index (κ3) is 4.35. The van der Waals surface area contributed by atoms with Crippen molar-refractivity contribution in [3.05, 3.63) is 69.7 Å². The standard InChI is InChI=1S/C17H14Cl2O2/c1-2-21-14-7-5-13(6-8-14)17(20)10-4-12-3-9-15(18)16(19)11-12/h3-11H,2H2,1H3. The third-order valence-corrected chi connectivity index (χ3v) is 3.56. The Labute approximate surface area is 134 Å². The van der Waals surface area contributed by atoms with E-state index in [1.165, 1.54) is 6.08 Å². The molecule has 0 saturated heterocycles. The number of hydrogen-bond acceptors (Lipinski definition) is 2. The van der Waals surface area contributed by atoms with Crippen LogP contribution in [-0.4, -0.2) is 12.4 Å². The maximum atomic E-state index is 12.1. The normalized spacial score (nSPS) is 10.8. The molecule has 0 fully saturated rings. The highest BCUT2D eigenvalue weighted by Crippen LogP contribution is 2.23. The molecule has 0 atom stereocenters. The van der Waals surface area contributed by atoms with Gasteiger partial charge in [0.25, 0.3) is 0 Å². The number of rotatable bonds is 5. The van der Waals surface area contributed by atoms with E-state index in [-0.39, 0.29) is 5.78 Å². The average Bonchev–Trinajstić information content (AvgIpc) is 2.49. The lowest BCUT2D eigenvalue weighted by Crippen LogP contribution is -1.95. The Morgan fingerprint density at radius 2 is 1.81 bits per heavy atom. The summed E-state index contributed by atoms with van der Waals surface area (Å²) in [5.41, 5.74) is 1.43. The van der Waals surface area contributed by atoms with Crippen molar-refractivity contribution in [3.63, 3.8) is 0 Å². The maximum Gasteiger partial charge on any atom is 0.185 e. The Bertz CT molecular complexity index is 661. The molecule has 0 unspecified atom stereocenters. The molecule has 2 aromatic rings. The summed E-state index contributed by atoms with van der Waals surface area (Å²) in [6.45, 7) is 2.52. The van der Waals surface area contributed by atoms with Gasteiger partial charge in [0.1, 0.15) is 5.75 Å². The van der Waals surface area contributed by atoms with Gasteiger partial charge in [-0.25, -0.2) is 0 Å². The highest BCUT2D eigenvalue weighted by atomic mass is 35.5. The van der Waals surface area contributed by atoms with Crippen molar-refractivity contribution in [3.8, 4) is 5.75 Å². The average molecular weight is 321 g/mol. The van der Waals surface area contributed by atoms with E-state index in [0.717, 1.165) is 11.3 Å². The Balaban J connectivity index is 2.09. The van der Waals surface area contributed by atoms with Crippen LogP contribution in [0.25, 0.3) is 6.08 Å². The number of carbonyl (C=O) groups excluding carboxylic acids is 1. The SMILES string of the molecule is CCOc1ccc(C(=O)C=Cc2ccc(Cl)c(Cl)c2)cc1. The molecular formula is C17H14Cl2O2. The predicted octanol–water partition coefficient (Wildman–Crippen LogP) is 5.29. The van der Waals surface area contributed by atoms with Crippen LogP contribution in [0.15, 0.2) is 48.5 Å². The molecule has 2 aromatic carbocycles. The molecule has 0 aliphatic carbocycles. The summed E-state index contributed by atoms with van der Waals surface area (Å²) in [7, 11) is 0. The zero-order chi connectivity index (χ0) is 15.2. The second kappa shape index (κ2) is 7.30. The summed E-state index contributed by atoms with van der Waals surface area (Å²) in [6.07, 6.45) is 3.22. The van der Waals surface area contributed by atoms with E-state index < -0.39 is 0 Å². The van der Waals surface area contributed by atoms with Gasteiger partial charge < -0.3 is 4.74 Å². The van der Waals surface area contributed by atoms with Crippen LogP contribution < -0.4 is 4.74 Å². The van der Waals surface area contributed by atoms with E-state index in [1.807, 2.05) is 6.92 Å². The number of hydrogen-bond donors (Lipinski definition) is 0. The van der Waals surface area contributed by atoms with E-state index in [2.05, 4.69) is 0 Å². The first-order chi connectivity index (χ1) is 10.1. The molecule has 0 bridgehead atoms. The van der Waals surface area contributed by atoms with Crippen molar-refractivity contribution in [2.24, 2.45) is 0 Å². The Morgan fingerprint density at radius 3 is 2.43 bits per heavy atom. The van der Waals surface area contributed by atoms with Crippen molar-refractivity contribution in [1.82, 2.24) is 0 Å². The van der Waals surface area contributed by atoms with Crippen molar-refractivity contribution in [2.45, 2.75) is 6.92 Å². The van der Waals surface area contributed by atoms with Gasteiger partial charge in [-0.15, -0.1) is 0 Å². The van der Waals surface area contributed by atoms with E-state index in [0.29, 0.717) is 22.2 Å². The third-order valence-electron chi connectivity index (χ3n) is 2.82. The molecule has 4 heteroatoms.